The molecule has 102 valence electrons. The topological polar surface area (TPSA) is 56.7 Å². The molecule has 2 aromatic heterocycles. The van der Waals surface area contributed by atoms with E-state index in [1.807, 2.05) is 47.0 Å². The lowest BCUT2D eigenvalue weighted by molar-refractivity contribution is 0.619. The zero-order valence-corrected chi connectivity index (χ0v) is 11.4. The standard InChI is InChI=1S/C16H12N4O/c1-11-2-4-12(5-3-11)16-19-14-7-6-13(8-15(14)21-16)20-9-17-18-10-20/h2-10H,1H3. The average Bonchev–Trinajstić information content (AvgIpc) is 3.16. The number of aryl methyl sites for hydroxylation is 1. The van der Waals surface area contributed by atoms with Crippen LogP contribution in [-0.2, 0) is 0 Å². The summed E-state index contributed by atoms with van der Waals surface area (Å²) in [6, 6.07) is 14.0. The summed E-state index contributed by atoms with van der Waals surface area (Å²) in [5.41, 5.74) is 4.71. The van der Waals surface area contributed by atoms with E-state index >= 15 is 0 Å². The van der Waals surface area contributed by atoms with Crippen LogP contribution >= 0.6 is 0 Å². The monoisotopic (exact) mass is 276 g/mol. The Morgan fingerprint density at radius 2 is 1.71 bits per heavy atom. The van der Waals surface area contributed by atoms with E-state index in [1.54, 1.807) is 12.7 Å². The van der Waals surface area contributed by atoms with Crippen LogP contribution in [0.25, 0.3) is 28.2 Å². The summed E-state index contributed by atoms with van der Waals surface area (Å²) in [5, 5.41) is 7.61. The van der Waals surface area contributed by atoms with Crippen LogP contribution in [0.15, 0.2) is 59.5 Å². The molecule has 0 saturated carbocycles. The van der Waals surface area contributed by atoms with Gasteiger partial charge in [-0.1, -0.05) is 17.7 Å². The number of fused-ring (bicyclic) bond motifs is 1. The molecule has 0 fully saturated rings. The van der Waals surface area contributed by atoms with E-state index in [-0.39, 0.29) is 0 Å². The molecule has 0 amide bonds. The van der Waals surface area contributed by atoms with Gasteiger partial charge in [-0.15, -0.1) is 10.2 Å². The van der Waals surface area contributed by atoms with E-state index in [0.29, 0.717) is 5.89 Å². The normalized spacial score (nSPS) is 11.1. The highest BCUT2D eigenvalue weighted by Crippen LogP contribution is 2.26. The Morgan fingerprint density at radius 1 is 0.952 bits per heavy atom. The van der Waals surface area contributed by atoms with E-state index < -0.39 is 0 Å². The first-order valence-corrected chi connectivity index (χ1v) is 6.62. The van der Waals surface area contributed by atoms with Crippen LogP contribution in [0.5, 0.6) is 0 Å². The van der Waals surface area contributed by atoms with E-state index in [1.165, 1.54) is 5.56 Å². The van der Waals surface area contributed by atoms with Crippen molar-refractivity contribution in [1.82, 2.24) is 19.7 Å². The number of hydrogen-bond donors (Lipinski definition) is 0. The van der Waals surface area contributed by atoms with Gasteiger partial charge in [-0.05, 0) is 31.2 Å². The second-order valence-electron chi connectivity index (χ2n) is 4.91. The van der Waals surface area contributed by atoms with E-state index in [9.17, 15) is 0 Å². The molecule has 0 saturated heterocycles. The third-order valence-corrected chi connectivity index (χ3v) is 3.39. The summed E-state index contributed by atoms with van der Waals surface area (Å²) in [7, 11) is 0. The lowest BCUT2D eigenvalue weighted by Crippen LogP contribution is -1.88. The largest absolute Gasteiger partial charge is 0.436 e. The minimum Gasteiger partial charge on any atom is -0.436 e. The molecule has 0 aliphatic carbocycles. The molecule has 2 aromatic carbocycles. The number of benzene rings is 2. The van der Waals surface area contributed by atoms with Gasteiger partial charge in [0.25, 0.3) is 0 Å². The van der Waals surface area contributed by atoms with Gasteiger partial charge in [-0.3, -0.25) is 4.57 Å². The molecule has 0 aliphatic heterocycles. The van der Waals surface area contributed by atoms with Gasteiger partial charge < -0.3 is 4.42 Å². The molecule has 0 N–H and O–H groups in total. The zero-order valence-electron chi connectivity index (χ0n) is 11.4. The van der Waals surface area contributed by atoms with Crippen molar-refractivity contribution in [3.8, 4) is 17.1 Å². The second kappa shape index (κ2) is 4.56. The maximum absolute atomic E-state index is 5.87. The zero-order chi connectivity index (χ0) is 14.2. The van der Waals surface area contributed by atoms with E-state index in [2.05, 4.69) is 22.1 Å². The summed E-state index contributed by atoms with van der Waals surface area (Å²) in [4.78, 5) is 4.53. The van der Waals surface area contributed by atoms with Gasteiger partial charge in [0.15, 0.2) is 5.58 Å². The number of nitrogens with zero attached hydrogens (tertiary/aromatic N) is 4. The average molecular weight is 276 g/mol. The maximum Gasteiger partial charge on any atom is 0.227 e. The molecule has 0 bridgehead atoms. The molecular formula is C16H12N4O. The van der Waals surface area contributed by atoms with Crippen LogP contribution in [0, 0.1) is 6.92 Å². The number of hydrogen-bond acceptors (Lipinski definition) is 4. The predicted octanol–water partition coefficient (Wildman–Crippen LogP) is 3.38. The Balaban J connectivity index is 1.81. The minimum atomic E-state index is 0.630. The van der Waals surface area contributed by atoms with Crippen LogP contribution in [0.3, 0.4) is 0 Å². The molecule has 4 rings (SSSR count). The highest BCUT2D eigenvalue weighted by atomic mass is 16.3. The lowest BCUT2D eigenvalue weighted by atomic mass is 10.1. The van der Waals surface area contributed by atoms with Gasteiger partial charge in [0, 0.05) is 11.6 Å². The highest BCUT2D eigenvalue weighted by molar-refractivity contribution is 5.78. The quantitative estimate of drug-likeness (QED) is 0.563. The van der Waals surface area contributed by atoms with Crippen LogP contribution < -0.4 is 0 Å². The van der Waals surface area contributed by atoms with Crippen molar-refractivity contribution in [1.29, 1.82) is 0 Å². The van der Waals surface area contributed by atoms with Gasteiger partial charge >= 0.3 is 0 Å². The molecular weight excluding hydrogens is 264 g/mol. The third-order valence-electron chi connectivity index (χ3n) is 3.39. The van der Waals surface area contributed by atoms with Gasteiger partial charge in [0.2, 0.25) is 5.89 Å². The smallest absolute Gasteiger partial charge is 0.227 e. The van der Waals surface area contributed by atoms with Gasteiger partial charge in [-0.2, -0.15) is 0 Å². The molecule has 0 spiro atoms. The third kappa shape index (κ3) is 2.08. The Hall–Kier alpha value is -2.95. The number of oxazole rings is 1. The van der Waals surface area contributed by atoms with Crippen molar-refractivity contribution in [2.75, 3.05) is 0 Å². The number of rotatable bonds is 2. The van der Waals surface area contributed by atoms with Crippen molar-refractivity contribution >= 4 is 11.1 Å². The molecule has 4 aromatic rings. The maximum atomic E-state index is 5.87. The summed E-state index contributed by atoms with van der Waals surface area (Å²) in [6.07, 6.45) is 3.30. The molecule has 0 atom stereocenters. The number of aromatic nitrogens is 4. The molecule has 0 unspecified atom stereocenters. The Bertz CT molecular complexity index is 892. The van der Waals surface area contributed by atoms with Crippen molar-refractivity contribution < 1.29 is 4.42 Å². The first-order valence-electron chi connectivity index (χ1n) is 6.62. The van der Waals surface area contributed by atoms with E-state index in [0.717, 1.165) is 22.4 Å². The Kier molecular flexibility index (Phi) is 2.57. The Morgan fingerprint density at radius 3 is 2.48 bits per heavy atom. The summed E-state index contributed by atoms with van der Waals surface area (Å²) in [6.45, 7) is 2.06. The van der Waals surface area contributed by atoms with Crippen molar-refractivity contribution in [2.45, 2.75) is 6.92 Å². The van der Waals surface area contributed by atoms with Crippen LogP contribution in [-0.4, -0.2) is 19.7 Å². The van der Waals surface area contributed by atoms with Crippen molar-refractivity contribution in [3.05, 3.63) is 60.7 Å². The minimum absolute atomic E-state index is 0.630. The van der Waals surface area contributed by atoms with Crippen molar-refractivity contribution in [2.24, 2.45) is 0 Å². The fraction of sp³-hybridized carbons (Fsp3) is 0.0625. The van der Waals surface area contributed by atoms with Crippen LogP contribution in [0.1, 0.15) is 5.56 Å². The summed E-state index contributed by atoms with van der Waals surface area (Å²) >= 11 is 0. The highest BCUT2D eigenvalue weighted by Gasteiger charge is 2.09. The SMILES string of the molecule is Cc1ccc(-c2nc3ccc(-n4cnnc4)cc3o2)cc1. The van der Waals surface area contributed by atoms with Crippen LogP contribution in [0.4, 0.5) is 0 Å². The molecule has 21 heavy (non-hydrogen) atoms. The molecule has 2 heterocycles. The van der Waals surface area contributed by atoms with Crippen molar-refractivity contribution in [3.63, 3.8) is 0 Å². The fourth-order valence-corrected chi connectivity index (χ4v) is 2.23. The molecule has 0 aliphatic rings. The summed E-state index contributed by atoms with van der Waals surface area (Å²) in [5.74, 6) is 0.630. The first-order chi connectivity index (χ1) is 10.3. The van der Waals surface area contributed by atoms with E-state index in [4.69, 9.17) is 4.42 Å². The first kappa shape index (κ1) is 11.8. The molecule has 5 nitrogen and oxygen atoms in total. The van der Waals surface area contributed by atoms with Gasteiger partial charge in [-0.25, -0.2) is 4.98 Å². The lowest BCUT2D eigenvalue weighted by Gasteiger charge is -1.98. The second-order valence-corrected chi connectivity index (χ2v) is 4.91. The van der Waals surface area contributed by atoms with Gasteiger partial charge in [0.05, 0.1) is 5.69 Å². The summed E-state index contributed by atoms with van der Waals surface area (Å²) < 4.78 is 7.69. The molecule has 0 radical (unpaired) electrons. The van der Waals surface area contributed by atoms with Crippen LogP contribution in [0.2, 0.25) is 0 Å². The molecule has 5 heteroatoms. The van der Waals surface area contributed by atoms with Gasteiger partial charge in [0.1, 0.15) is 18.2 Å². The fourth-order valence-electron chi connectivity index (χ4n) is 2.23. The Labute approximate surface area is 120 Å². The predicted molar refractivity (Wildman–Crippen MR) is 79.1 cm³/mol.